The molecule has 0 amide bonds. The molecule has 0 aliphatic carbocycles. The van der Waals surface area contributed by atoms with Crippen LogP contribution in [0.2, 0.25) is 5.02 Å². The summed E-state index contributed by atoms with van der Waals surface area (Å²) in [6.07, 6.45) is 1.70. The Bertz CT molecular complexity index is 820. The van der Waals surface area contributed by atoms with Gasteiger partial charge in [-0.25, -0.2) is 0 Å². The molecule has 0 radical (unpaired) electrons. The maximum atomic E-state index is 12.7. The number of aryl methyl sites for hydroxylation is 1. The molecule has 0 fully saturated rings. The second-order valence-corrected chi connectivity index (χ2v) is 5.18. The van der Waals surface area contributed by atoms with Crippen molar-refractivity contribution in [1.29, 1.82) is 0 Å². The van der Waals surface area contributed by atoms with Crippen molar-refractivity contribution in [2.45, 2.75) is 6.92 Å². The van der Waals surface area contributed by atoms with Crippen LogP contribution in [0.4, 0.5) is 5.69 Å². The lowest BCUT2D eigenvalue weighted by Crippen LogP contribution is -2.03. The van der Waals surface area contributed by atoms with Gasteiger partial charge in [0.15, 0.2) is 5.78 Å². The van der Waals surface area contributed by atoms with Crippen LogP contribution in [-0.2, 0) is 0 Å². The molecule has 3 aromatic rings. The van der Waals surface area contributed by atoms with Crippen LogP contribution < -0.4 is 5.73 Å². The molecule has 0 saturated carbocycles. The zero-order chi connectivity index (χ0) is 14.3. The van der Waals surface area contributed by atoms with E-state index in [-0.39, 0.29) is 5.78 Å². The van der Waals surface area contributed by atoms with Crippen LogP contribution in [0.5, 0.6) is 0 Å². The van der Waals surface area contributed by atoms with Crippen molar-refractivity contribution in [3.63, 3.8) is 0 Å². The van der Waals surface area contributed by atoms with Gasteiger partial charge in [0.25, 0.3) is 0 Å². The molecule has 3 rings (SSSR count). The van der Waals surface area contributed by atoms with Gasteiger partial charge in [0.1, 0.15) is 0 Å². The van der Waals surface area contributed by atoms with Gasteiger partial charge in [0.2, 0.25) is 0 Å². The van der Waals surface area contributed by atoms with Crippen LogP contribution >= 0.6 is 11.6 Å². The number of rotatable bonds is 2. The second kappa shape index (κ2) is 4.69. The third-order valence-corrected chi connectivity index (χ3v) is 3.71. The highest BCUT2D eigenvalue weighted by Crippen LogP contribution is 2.29. The third kappa shape index (κ3) is 1.96. The number of ketones is 1. The molecular formula is C16H13ClN2O. The first kappa shape index (κ1) is 12.8. The summed E-state index contributed by atoms with van der Waals surface area (Å²) < 4.78 is 0. The largest absolute Gasteiger partial charge is 0.399 e. The average Bonchev–Trinajstić information content (AvgIpc) is 2.83. The minimum absolute atomic E-state index is 0.0538. The van der Waals surface area contributed by atoms with Crippen molar-refractivity contribution < 1.29 is 4.79 Å². The summed E-state index contributed by atoms with van der Waals surface area (Å²) in [5, 5.41) is 1.33. The number of aromatic nitrogens is 1. The normalized spacial score (nSPS) is 10.9. The number of aromatic amines is 1. The molecule has 4 heteroatoms. The van der Waals surface area contributed by atoms with E-state index in [0.29, 0.717) is 21.8 Å². The number of fused-ring (bicyclic) bond motifs is 1. The van der Waals surface area contributed by atoms with Crippen LogP contribution in [-0.4, -0.2) is 10.8 Å². The van der Waals surface area contributed by atoms with E-state index >= 15 is 0 Å². The number of halogens is 1. The zero-order valence-electron chi connectivity index (χ0n) is 10.9. The quantitative estimate of drug-likeness (QED) is 0.553. The summed E-state index contributed by atoms with van der Waals surface area (Å²) in [6.45, 7) is 1.88. The van der Waals surface area contributed by atoms with Crippen LogP contribution in [0.25, 0.3) is 10.9 Å². The van der Waals surface area contributed by atoms with Gasteiger partial charge < -0.3 is 10.7 Å². The van der Waals surface area contributed by atoms with E-state index in [1.165, 1.54) is 0 Å². The molecule has 0 saturated heterocycles. The molecule has 0 spiro atoms. The summed E-state index contributed by atoms with van der Waals surface area (Å²) in [5.41, 5.74) is 9.31. The first-order chi connectivity index (χ1) is 9.58. The molecule has 100 valence electrons. The predicted octanol–water partition coefficient (Wildman–Crippen LogP) is 3.94. The van der Waals surface area contributed by atoms with E-state index in [2.05, 4.69) is 4.98 Å². The standard InChI is InChI=1S/C16H13ClN2O/c1-9-7-10(18)5-6-11(9)16(20)12-8-19-14-4-2-3-13(17)15(12)14/h2-8,19H,18H2,1H3. The summed E-state index contributed by atoms with van der Waals surface area (Å²) >= 11 is 6.21. The Kier molecular flexibility index (Phi) is 2.99. The molecule has 3 N–H and O–H groups in total. The molecular weight excluding hydrogens is 272 g/mol. The van der Waals surface area contributed by atoms with Gasteiger partial charge in [-0.3, -0.25) is 4.79 Å². The van der Waals surface area contributed by atoms with Crippen LogP contribution in [0, 0.1) is 6.92 Å². The van der Waals surface area contributed by atoms with Gasteiger partial charge in [-0.1, -0.05) is 17.7 Å². The smallest absolute Gasteiger partial charge is 0.195 e. The number of benzene rings is 2. The lowest BCUT2D eigenvalue weighted by atomic mass is 9.98. The van der Waals surface area contributed by atoms with Gasteiger partial charge in [0.05, 0.1) is 5.02 Å². The molecule has 3 nitrogen and oxygen atoms in total. The van der Waals surface area contributed by atoms with Crippen molar-refractivity contribution >= 4 is 34.0 Å². The summed E-state index contributed by atoms with van der Waals surface area (Å²) in [4.78, 5) is 15.8. The van der Waals surface area contributed by atoms with Crippen molar-refractivity contribution in [3.8, 4) is 0 Å². The minimum Gasteiger partial charge on any atom is -0.399 e. The van der Waals surface area contributed by atoms with Crippen molar-refractivity contribution in [3.05, 3.63) is 64.3 Å². The lowest BCUT2D eigenvalue weighted by molar-refractivity contribution is 0.104. The van der Waals surface area contributed by atoms with Gasteiger partial charge in [0, 0.05) is 33.9 Å². The number of nitrogens with one attached hydrogen (secondary N) is 1. The van der Waals surface area contributed by atoms with Gasteiger partial charge in [-0.05, 0) is 42.8 Å². The number of nitrogens with two attached hydrogens (primary N) is 1. The van der Waals surface area contributed by atoms with Crippen molar-refractivity contribution in [1.82, 2.24) is 4.98 Å². The number of H-pyrrole nitrogens is 1. The number of carbonyl (C=O) groups is 1. The van der Waals surface area contributed by atoms with Gasteiger partial charge in [-0.2, -0.15) is 0 Å². The maximum absolute atomic E-state index is 12.7. The Morgan fingerprint density at radius 1 is 1.20 bits per heavy atom. The fraction of sp³-hybridized carbons (Fsp3) is 0.0625. The first-order valence-corrected chi connectivity index (χ1v) is 6.62. The van der Waals surface area contributed by atoms with Crippen molar-refractivity contribution in [2.75, 3.05) is 5.73 Å². The number of hydrogen-bond acceptors (Lipinski definition) is 2. The van der Waals surface area contributed by atoms with E-state index in [9.17, 15) is 4.79 Å². The zero-order valence-corrected chi connectivity index (χ0v) is 11.7. The highest BCUT2D eigenvalue weighted by Gasteiger charge is 2.17. The summed E-state index contributed by atoms with van der Waals surface area (Å²) in [5.74, 6) is -0.0538. The van der Waals surface area contributed by atoms with Crippen molar-refractivity contribution in [2.24, 2.45) is 0 Å². The molecule has 0 bridgehead atoms. The Morgan fingerprint density at radius 2 is 2.00 bits per heavy atom. The highest BCUT2D eigenvalue weighted by atomic mass is 35.5. The third-order valence-electron chi connectivity index (χ3n) is 3.39. The minimum atomic E-state index is -0.0538. The number of hydrogen-bond donors (Lipinski definition) is 2. The Hall–Kier alpha value is -2.26. The van der Waals surface area contributed by atoms with E-state index in [4.69, 9.17) is 17.3 Å². The molecule has 1 aromatic heterocycles. The summed E-state index contributed by atoms with van der Waals surface area (Å²) in [6, 6.07) is 10.8. The molecule has 20 heavy (non-hydrogen) atoms. The predicted molar refractivity (Wildman–Crippen MR) is 82.3 cm³/mol. The van der Waals surface area contributed by atoms with Crippen LogP contribution in [0.1, 0.15) is 21.5 Å². The second-order valence-electron chi connectivity index (χ2n) is 4.77. The average molecular weight is 285 g/mol. The molecule has 1 heterocycles. The fourth-order valence-electron chi connectivity index (χ4n) is 2.41. The van der Waals surface area contributed by atoms with Crippen LogP contribution in [0.3, 0.4) is 0 Å². The molecule has 0 aliphatic heterocycles. The number of nitrogen functional groups attached to an aromatic ring is 1. The number of anilines is 1. The first-order valence-electron chi connectivity index (χ1n) is 6.24. The topological polar surface area (TPSA) is 58.9 Å². The van der Waals surface area contributed by atoms with E-state index in [1.54, 1.807) is 30.5 Å². The van der Waals surface area contributed by atoms with Crippen LogP contribution in [0.15, 0.2) is 42.6 Å². The lowest BCUT2D eigenvalue weighted by Gasteiger charge is -2.06. The Balaban J connectivity index is 2.18. The maximum Gasteiger partial charge on any atom is 0.195 e. The SMILES string of the molecule is Cc1cc(N)ccc1C(=O)c1c[nH]c2cccc(Cl)c12. The fourth-order valence-corrected chi connectivity index (χ4v) is 2.68. The monoisotopic (exact) mass is 284 g/mol. The number of carbonyl (C=O) groups excluding carboxylic acids is 1. The van der Waals surface area contributed by atoms with E-state index < -0.39 is 0 Å². The van der Waals surface area contributed by atoms with E-state index in [0.717, 1.165) is 16.5 Å². The Morgan fingerprint density at radius 3 is 2.75 bits per heavy atom. The van der Waals surface area contributed by atoms with Gasteiger partial charge in [-0.15, -0.1) is 0 Å². The Labute approximate surface area is 121 Å². The molecule has 0 aliphatic rings. The molecule has 0 atom stereocenters. The van der Waals surface area contributed by atoms with E-state index in [1.807, 2.05) is 19.1 Å². The molecule has 0 unspecified atom stereocenters. The summed E-state index contributed by atoms with van der Waals surface area (Å²) in [7, 11) is 0. The highest BCUT2D eigenvalue weighted by molar-refractivity contribution is 6.37. The molecule has 2 aromatic carbocycles. The van der Waals surface area contributed by atoms with Gasteiger partial charge >= 0.3 is 0 Å².